The van der Waals surface area contributed by atoms with E-state index in [9.17, 15) is 8.42 Å². The fourth-order valence-corrected chi connectivity index (χ4v) is 4.05. The Labute approximate surface area is 134 Å². The molecule has 0 aliphatic heterocycles. The van der Waals surface area contributed by atoms with Crippen molar-refractivity contribution in [1.82, 2.24) is 9.62 Å². The first-order valence-electron chi connectivity index (χ1n) is 6.56. The van der Waals surface area contributed by atoms with Gasteiger partial charge >= 0.3 is 0 Å². The standard InChI is InChI=1S/C13H21BrN2O4S/c1-4-6-16(7-8-19-3)21(17,18)12-9-11(10-15-5-2)20-13(12)14/h4,9,15H,1,5-8,10H2,2-3H3. The van der Waals surface area contributed by atoms with Crippen LogP contribution in [0.4, 0.5) is 0 Å². The van der Waals surface area contributed by atoms with Crippen LogP contribution in [0.3, 0.4) is 0 Å². The van der Waals surface area contributed by atoms with Crippen LogP contribution in [-0.4, -0.2) is 46.1 Å². The third kappa shape index (κ3) is 4.93. The van der Waals surface area contributed by atoms with E-state index in [0.717, 1.165) is 6.54 Å². The summed E-state index contributed by atoms with van der Waals surface area (Å²) in [6.45, 7) is 7.59. The van der Waals surface area contributed by atoms with E-state index in [0.29, 0.717) is 18.9 Å². The van der Waals surface area contributed by atoms with Gasteiger partial charge in [0.15, 0.2) is 4.67 Å². The number of sulfonamides is 1. The molecule has 0 aliphatic carbocycles. The minimum atomic E-state index is -3.66. The van der Waals surface area contributed by atoms with Crippen LogP contribution in [0.5, 0.6) is 0 Å². The molecule has 0 unspecified atom stereocenters. The molecule has 0 fully saturated rings. The maximum atomic E-state index is 12.6. The first-order chi connectivity index (χ1) is 9.97. The number of methoxy groups -OCH3 is 1. The predicted octanol–water partition coefficient (Wildman–Crippen LogP) is 1.97. The lowest BCUT2D eigenvalue weighted by molar-refractivity contribution is 0.182. The van der Waals surface area contributed by atoms with E-state index in [1.807, 2.05) is 6.92 Å². The summed E-state index contributed by atoms with van der Waals surface area (Å²) in [5.41, 5.74) is 0. The summed E-state index contributed by atoms with van der Waals surface area (Å²) in [4.78, 5) is 0.119. The highest BCUT2D eigenvalue weighted by atomic mass is 79.9. The maximum Gasteiger partial charge on any atom is 0.247 e. The third-order valence-electron chi connectivity index (χ3n) is 2.75. The van der Waals surface area contributed by atoms with Crippen LogP contribution in [0.1, 0.15) is 12.7 Å². The molecule has 0 aliphatic rings. The van der Waals surface area contributed by atoms with Crippen LogP contribution in [0.15, 0.2) is 32.7 Å². The Morgan fingerprint density at radius 3 is 2.86 bits per heavy atom. The molecule has 0 saturated heterocycles. The van der Waals surface area contributed by atoms with Gasteiger partial charge in [0.2, 0.25) is 10.0 Å². The van der Waals surface area contributed by atoms with Crippen molar-refractivity contribution in [3.05, 3.63) is 29.2 Å². The highest BCUT2D eigenvalue weighted by Crippen LogP contribution is 2.28. The van der Waals surface area contributed by atoms with Crippen molar-refractivity contribution in [2.45, 2.75) is 18.4 Å². The zero-order valence-corrected chi connectivity index (χ0v) is 14.7. The second kappa shape index (κ2) is 8.70. The van der Waals surface area contributed by atoms with Gasteiger partial charge in [-0.1, -0.05) is 13.0 Å². The van der Waals surface area contributed by atoms with Gasteiger partial charge in [-0.25, -0.2) is 8.42 Å². The predicted molar refractivity (Wildman–Crippen MR) is 84.6 cm³/mol. The molecular weight excluding hydrogens is 360 g/mol. The van der Waals surface area contributed by atoms with E-state index in [-0.39, 0.29) is 22.7 Å². The summed E-state index contributed by atoms with van der Waals surface area (Å²) in [6, 6.07) is 1.53. The zero-order valence-electron chi connectivity index (χ0n) is 12.3. The SMILES string of the molecule is C=CCN(CCOC)S(=O)(=O)c1cc(CNCC)oc1Br. The molecule has 0 radical (unpaired) electrons. The highest BCUT2D eigenvalue weighted by molar-refractivity contribution is 9.10. The molecule has 1 N–H and O–H groups in total. The average molecular weight is 381 g/mol. The quantitative estimate of drug-likeness (QED) is 0.628. The topological polar surface area (TPSA) is 71.8 Å². The fourth-order valence-electron chi connectivity index (χ4n) is 1.69. The average Bonchev–Trinajstić information content (AvgIpc) is 2.82. The summed E-state index contributed by atoms with van der Waals surface area (Å²) in [5.74, 6) is 0.563. The molecule has 0 bridgehead atoms. The number of nitrogens with one attached hydrogen (secondary N) is 1. The molecular formula is C13H21BrN2O4S. The van der Waals surface area contributed by atoms with E-state index < -0.39 is 10.0 Å². The number of rotatable bonds is 10. The minimum absolute atomic E-state index is 0.119. The molecule has 1 aromatic rings. The first kappa shape index (κ1) is 18.4. The van der Waals surface area contributed by atoms with Gasteiger partial charge in [0.05, 0.1) is 13.2 Å². The molecule has 21 heavy (non-hydrogen) atoms. The van der Waals surface area contributed by atoms with Gasteiger partial charge in [0.25, 0.3) is 0 Å². The van der Waals surface area contributed by atoms with E-state index in [1.54, 1.807) is 6.08 Å². The van der Waals surface area contributed by atoms with E-state index in [4.69, 9.17) is 9.15 Å². The van der Waals surface area contributed by atoms with Gasteiger partial charge in [-0.05, 0) is 22.5 Å². The number of furan rings is 1. The molecule has 120 valence electrons. The van der Waals surface area contributed by atoms with Crippen molar-refractivity contribution < 1.29 is 17.6 Å². The Kier molecular flexibility index (Phi) is 7.61. The van der Waals surface area contributed by atoms with Gasteiger partial charge in [-0.3, -0.25) is 0 Å². The Morgan fingerprint density at radius 2 is 2.29 bits per heavy atom. The number of hydrogen-bond donors (Lipinski definition) is 1. The van der Waals surface area contributed by atoms with Crippen molar-refractivity contribution >= 4 is 26.0 Å². The summed E-state index contributed by atoms with van der Waals surface area (Å²) in [5, 5.41) is 3.09. The smallest absolute Gasteiger partial charge is 0.247 e. The second-order valence-corrected chi connectivity index (χ2v) is 6.90. The largest absolute Gasteiger partial charge is 0.452 e. The molecule has 1 rings (SSSR count). The third-order valence-corrected chi connectivity index (χ3v) is 5.47. The Morgan fingerprint density at radius 1 is 1.57 bits per heavy atom. The molecule has 0 atom stereocenters. The molecule has 0 spiro atoms. The number of ether oxygens (including phenoxy) is 1. The zero-order chi connectivity index (χ0) is 15.9. The van der Waals surface area contributed by atoms with Crippen LogP contribution in [0, 0.1) is 0 Å². The van der Waals surface area contributed by atoms with Gasteiger partial charge in [-0.2, -0.15) is 4.31 Å². The lowest BCUT2D eigenvalue weighted by atomic mass is 10.4. The van der Waals surface area contributed by atoms with Crippen molar-refractivity contribution in [3.8, 4) is 0 Å². The van der Waals surface area contributed by atoms with Crippen LogP contribution in [0.2, 0.25) is 0 Å². The van der Waals surface area contributed by atoms with Crippen molar-refractivity contribution in [2.24, 2.45) is 0 Å². The minimum Gasteiger partial charge on any atom is -0.452 e. The Hall–Kier alpha value is -0.670. The Balaban J connectivity index is 3.03. The molecule has 0 aromatic carbocycles. The fraction of sp³-hybridized carbons (Fsp3) is 0.538. The van der Waals surface area contributed by atoms with Crippen LogP contribution in [0.25, 0.3) is 0 Å². The van der Waals surface area contributed by atoms with Crippen LogP contribution >= 0.6 is 15.9 Å². The molecule has 0 saturated carbocycles. The lowest BCUT2D eigenvalue weighted by Crippen LogP contribution is -2.34. The number of halogens is 1. The second-order valence-electron chi connectivity index (χ2n) is 4.28. The summed E-state index contributed by atoms with van der Waals surface area (Å²) < 4.78 is 37.2. The maximum absolute atomic E-state index is 12.6. The Bertz CT molecular complexity index is 557. The van der Waals surface area contributed by atoms with E-state index >= 15 is 0 Å². The molecule has 1 aromatic heterocycles. The highest BCUT2D eigenvalue weighted by Gasteiger charge is 2.28. The summed E-state index contributed by atoms with van der Waals surface area (Å²) in [7, 11) is -2.13. The lowest BCUT2D eigenvalue weighted by Gasteiger charge is -2.19. The van der Waals surface area contributed by atoms with Gasteiger partial charge < -0.3 is 14.5 Å². The van der Waals surface area contributed by atoms with Crippen LogP contribution in [-0.2, 0) is 21.3 Å². The van der Waals surface area contributed by atoms with Crippen LogP contribution < -0.4 is 5.32 Å². The molecule has 1 heterocycles. The monoisotopic (exact) mass is 380 g/mol. The molecule has 0 amide bonds. The van der Waals surface area contributed by atoms with Crippen molar-refractivity contribution in [3.63, 3.8) is 0 Å². The molecule has 6 nitrogen and oxygen atoms in total. The van der Waals surface area contributed by atoms with Crippen molar-refractivity contribution in [1.29, 1.82) is 0 Å². The van der Waals surface area contributed by atoms with Crippen molar-refractivity contribution in [2.75, 3.05) is 33.4 Å². The van der Waals surface area contributed by atoms with Gasteiger partial charge in [-0.15, -0.1) is 6.58 Å². The van der Waals surface area contributed by atoms with Gasteiger partial charge in [0, 0.05) is 26.3 Å². The van der Waals surface area contributed by atoms with E-state index in [1.165, 1.54) is 17.5 Å². The number of hydrogen-bond acceptors (Lipinski definition) is 5. The normalized spacial score (nSPS) is 12.0. The summed E-state index contributed by atoms with van der Waals surface area (Å²) >= 11 is 3.18. The first-order valence-corrected chi connectivity index (χ1v) is 8.79. The van der Waals surface area contributed by atoms with E-state index in [2.05, 4.69) is 27.8 Å². The summed E-state index contributed by atoms with van der Waals surface area (Å²) in [6.07, 6.45) is 1.54. The molecule has 8 heteroatoms. The number of nitrogens with zero attached hydrogens (tertiary/aromatic N) is 1. The van der Waals surface area contributed by atoms with Gasteiger partial charge in [0.1, 0.15) is 10.7 Å².